The Hall–Kier alpha value is -2.64. The molecule has 27 heavy (non-hydrogen) atoms. The van der Waals surface area contributed by atoms with Crippen LogP contribution in [0.25, 0.3) is 11.0 Å². The van der Waals surface area contributed by atoms with E-state index in [1.54, 1.807) is 11.0 Å². The first kappa shape index (κ1) is 17.8. The van der Waals surface area contributed by atoms with E-state index in [9.17, 15) is 9.59 Å². The lowest BCUT2D eigenvalue weighted by Gasteiger charge is -2.15. The van der Waals surface area contributed by atoms with Gasteiger partial charge in [0, 0.05) is 41.2 Å². The first-order valence-electron chi connectivity index (χ1n) is 8.46. The molecule has 3 aromatic rings. The van der Waals surface area contributed by atoms with Crippen molar-refractivity contribution in [1.82, 2.24) is 4.90 Å². The molecule has 2 aromatic carbocycles. The lowest BCUT2D eigenvalue weighted by molar-refractivity contribution is -0.126. The number of fused-ring (bicyclic) bond motifs is 1. The van der Waals surface area contributed by atoms with Gasteiger partial charge in [0.05, 0.1) is 6.42 Å². The van der Waals surface area contributed by atoms with E-state index < -0.39 is 5.63 Å². The van der Waals surface area contributed by atoms with Crippen LogP contribution in [0.3, 0.4) is 0 Å². The average molecular weight is 396 g/mol. The van der Waals surface area contributed by atoms with Crippen molar-refractivity contribution in [2.45, 2.75) is 6.42 Å². The Labute approximate surface area is 165 Å². The Morgan fingerprint density at radius 1 is 1.15 bits per heavy atom. The number of hydrogen-bond donors (Lipinski definition) is 1. The van der Waals surface area contributed by atoms with Crippen LogP contribution in [0, 0.1) is 0 Å². The van der Waals surface area contributed by atoms with Crippen LogP contribution in [0.1, 0.15) is 5.56 Å². The summed E-state index contributed by atoms with van der Waals surface area (Å²) < 4.78 is 5.96. The summed E-state index contributed by atoms with van der Waals surface area (Å²) in [6.07, 6.45) is 0.119. The molecule has 1 fully saturated rings. The lowest BCUT2D eigenvalue weighted by atomic mass is 10.1. The number of amides is 1. The minimum absolute atomic E-state index is 0.0941. The second-order valence-electron chi connectivity index (χ2n) is 6.13. The molecular weight excluding hydrogens is 380 g/mol. The number of carbonyl (C=O) groups is 1. The van der Waals surface area contributed by atoms with E-state index in [4.69, 9.17) is 16.6 Å². The molecule has 0 spiro atoms. The van der Waals surface area contributed by atoms with Gasteiger partial charge in [-0.25, -0.2) is 4.79 Å². The smallest absolute Gasteiger partial charge is 0.336 e. The Balaban J connectivity index is 1.64. The largest absolute Gasteiger partial charge is 0.423 e. The van der Waals surface area contributed by atoms with Crippen molar-refractivity contribution in [2.75, 3.05) is 17.6 Å². The molecule has 4 rings (SSSR count). The molecule has 0 unspecified atom stereocenters. The van der Waals surface area contributed by atoms with Crippen LogP contribution in [0.2, 0.25) is 0 Å². The fraction of sp³-hybridized carbons (Fsp3) is 0.150. The Morgan fingerprint density at radius 2 is 1.96 bits per heavy atom. The van der Waals surface area contributed by atoms with Gasteiger partial charge in [-0.2, -0.15) is 0 Å². The number of para-hydroxylation sites is 1. The summed E-state index contributed by atoms with van der Waals surface area (Å²) in [6.45, 7) is 0.618. The van der Waals surface area contributed by atoms with E-state index in [0.717, 1.165) is 22.5 Å². The molecule has 0 atom stereocenters. The predicted molar refractivity (Wildman–Crippen MR) is 113 cm³/mol. The fourth-order valence-electron chi connectivity index (χ4n) is 3.02. The molecule has 7 heteroatoms. The summed E-state index contributed by atoms with van der Waals surface area (Å²) in [4.78, 5) is 26.2. The maximum absolute atomic E-state index is 12.6. The third kappa shape index (κ3) is 3.89. The summed E-state index contributed by atoms with van der Waals surface area (Å²) in [5, 5.41) is 4.02. The second-order valence-corrected chi connectivity index (χ2v) is 7.86. The molecular formula is C20H16N2O3S2. The van der Waals surface area contributed by atoms with Gasteiger partial charge < -0.3 is 9.73 Å². The van der Waals surface area contributed by atoms with Crippen molar-refractivity contribution < 1.29 is 9.21 Å². The summed E-state index contributed by atoms with van der Waals surface area (Å²) in [5.41, 5.74) is 2.37. The van der Waals surface area contributed by atoms with Crippen molar-refractivity contribution in [1.29, 1.82) is 0 Å². The molecule has 136 valence electrons. The standard InChI is InChI=1S/C20H16N2O3S2/c23-18(22-8-9-27-20(22)26)10-13-11-19(24)25-17-12-15(6-7-16(13)17)21-14-4-2-1-3-5-14/h1-7,11-12,21H,8-10H2. The van der Waals surface area contributed by atoms with Gasteiger partial charge >= 0.3 is 5.63 Å². The van der Waals surface area contributed by atoms with Crippen LogP contribution in [0.5, 0.6) is 0 Å². The SMILES string of the molecule is O=C(Cc1cc(=O)oc2cc(Nc3ccccc3)ccc12)N1CCSC1=S. The molecule has 0 aliphatic carbocycles. The molecule has 0 radical (unpaired) electrons. The third-order valence-electron chi connectivity index (χ3n) is 4.30. The highest BCUT2D eigenvalue weighted by atomic mass is 32.2. The zero-order valence-electron chi connectivity index (χ0n) is 14.3. The van der Waals surface area contributed by atoms with Gasteiger partial charge in [0.1, 0.15) is 9.90 Å². The van der Waals surface area contributed by atoms with Crippen molar-refractivity contribution in [3.63, 3.8) is 0 Å². The highest BCUT2D eigenvalue weighted by molar-refractivity contribution is 8.23. The van der Waals surface area contributed by atoms with Gasteiger partial charge in [0.25, 0.3) is 0 Å². The lowest BCUT2D eigenvalue weighted by Crippen LogP contribution is -2.32. The number of nitrogens with zero attached hydrogens (tertiary/aromatic N) is 1. The van der Waals surface area contributed by atoms with Gasteiger partial charge in [-0.15, -0.1) is 0 Å². The zero-order chi connectivity index (χ0) is 18.8. The fourth-order valence-corrected chi connectivity index (χ4v) is 4.26. The number of carbonyl (C=O) groups excluding carboxylic acids is 1. The first-order valence-corrected chi connectivity index (χ1v) is 9.85. The van der Waals surface area contributed by atoms with E-state index in [1.165, 1.54) is 17.8 Å². The minimum atomic E-state index is -0.472. The Morgan fingerprint density at radius 3 is 2.70 bits per heavy atom. The number of thiocarbonyl (C=S) groups is 1. The van der Waals surface area contributed by atoms with Crippen molar-refractivity contribution in [3.8, 4) is 0 Å². The molecule has 2 heterocycles. The summed E-state index contributed by atoms with van der Waals surface area (Å²) in [5.74, 6) is 0.722. The molecule has 1 amide bonds. The first-order chi connectivity index (χ1) is 13.1. The van der Waals surface area contributed by atoms with Gasteiger partial charge in [-0.1, -0.05) is 42.2 Å². The number of benzene rings is 2. The number of rotatable bonds is 4. The maximum Gasteiger partial charge on any atom is 0.336 e. The topological polar surface area (TPSA) is 62.6 Å². The van der Waals surface area contributed by atoms with Gasteiger partial charge in [-0.3, -0.25) is 9.69 Å². The highest BCUT2D eigenvalue weighted by Crippen LogP contribution is 2.25. The van der Waals surface area contributed by atoms with E-state index in [2.05, 4.69) is 5.32 Å². The number of nitrogens with one attached hydrogen (secondary N) is 1. The monoisotopic (exact) mass is 396 g/mol. The van der Waals surface area contributed by atoms with Gasteiger partial charge in [0.2, 0.25) is 5.91 Å². The van der Waals surface area contributed by atoms with Crippen LogP contribution in [0.15, 0.2) is 63.8 Å². The summed E-state index contributed by atoms with van der Waals surface area (Å²) in [7, 11) is 0. The number of thioether (sulfide) groups is 1. The quantitative estimate of drug-likeness (QED) is 0.532. The predicted octanol–water partition coefficient (Wildman–Crippen LogP) is 3.94. The highest BCUT2D eigenvalue weighted by Gasteiger charge is 2.24. The molecule has 5 nitrogen and oxygen atoms in total. The van der Waals surface area contributed by atoms with Crippen LogP contribution in [-0.4, -0.2) is 27.4 Å². The normalized spacial score (nSPS) is 13.9. The van der Waals surface area contributed by atoms with E-state index in [-0.39, 0.29) is 12.3 Å². The van der Waals surface area contributed by atoms with Gasteiger partial charge in [0.15, 0.2) is 0 Å². The van der Waals surface area contributed by atoms with Crippen molar-refractivity contribution in [2.24, 2.45) is 0 Å². The summed E-state index contributed by atoms with van der Waals surface area (Å²) >= 11 is 6.72. The molecule has 1 aliphatic heterocycles. The number of hydrogen-bond acceptors (Lipinski definition) is 6. The van der Waals surface area contributed by atoms with E-state index >= 15 is 0 Å². The van der Waals surface area contributed by atoms with Crippen LogP contribution < -0.4 is 10.9 Å². The second kappa shape index (κ2) is 7.54. The molecule has 0 saturated carbocycles. The molecule has 1 N–H and O–H groups in total. The molecule has 1 aromatic heterocycles. The van der Waals surface area contributed by atoms with E-state index in [1.807, 2.05) is 42.5 Å². The van der Waals surface area contributed by atoms with Crippen molar-refractivity contribution in [3.05, 3.63) is 70.6 Å². The van der Waals surface area contributed by atoms with Crippen LogP contribution >= 0.6 is 24.0 Å². The van der Waals surface area contributed by atoms with Crippen LogP contribution in [-0.2, 0) is 11.2 Å². The molecule has 0 bridgehead atoms. The van der Waals surface area contributed by atoms with Crippen LogP contribution in [0.4, 0.5) is 11.4 Å². The Kier molecular flexibility index (Phi) is 4.96. The van der Waals surface area contributed by atoms with Crippen molar-refractivity contribution >= 4 is 56.6 Å². The maximum atomic E-state index is 12.6. The number of anilines is 2. The molecule has 1 aliphatic rings. The van der Waals surface area contributed by atoms with E-state index in [0.29, 0.717) is 22.0 Å². The average Bonchev–Trinajstić information content (AvgIpc) is 3.08. The van der Waals surface area contributed by atoms with Gasteiger partial charge in [-0.05, 0) is 29.8 Å². The zero-order valence-corrected chi connectivity index (χ0v) is 15.9. The molecule has 1 saturated heterocycles. The minimum Gasteiger partial charge on any atom is -0.423 e. The summed E-state index contributed by atoms with van der Waals surface area (Å²) in [6, 6.07) is 16.6. The third-order valence-corrected chi connectivity index (χ3v) is 5.72. The Bertz CT molecular complexity index is 1080.